The predicted molar refractivity (Wildman–Crippen MR) is 96.0 cm³/mol. The second-order valence-corrected chi connectivity index (χ2v) is 7.80. The minimum Gasteiger partial charge on any atom is -0.493 e. The predicted octanol–water partition coefficient (Wildman–Crippen LogP) is 5.14. The van der Waals surface area contributed by atoms with E-state index in [9.17, 15) is 0 Å². The van der Waals surface area contributed by atoms with Crippen molar-refractivity contribution in [2.45, 2.75) is 17.6 Å². The number of hydrogen-bond acceptors (Lipinski definition) is 4. The molecule has 4 heteroatoms. The molecule has 0 atom stereocenters. The number of methoxy groups -OCH3 is 1. The van der Waals surface area contributed by atoms with Crippen molar-refractivity contribution in [1.29, 1.82) is 0 Å². The fourth-order valence-electron chi connectivity index (χ4n) is 2.43. The molecule has 0 bridgehead atoms. The molecule has 1 heterocycles. The molecule has 0 aromatic heterocycles. The molecular formula is C18H20O2S2. The smallest absolute Gasteiger partial charge is 0.166 e. The van der Waals surface area contributed by atoms with Crippen LogP contribution < -0.4 is 9.47 Å². The first kappa shape index (κ1) is 15.6. The molecule has 0 saturated carbocycles. The molecule has 2 aromatic carbocycles. The van der Waals surface area contributed by atoms with Gasteiger partial charge in [0.15, 0.2) is 11.5 Å². The van der Waals surface area contributed by atoms with Gasteiger partial charge in [-0.15, -0.1) is 23.5 Å². The standard InChI is InChI=1S/C18H20O2S2/c1-19-16-10-5-9-15(18-21-11-6-12-22-18)17(16)20-13-14-7-3-2-4-8-14/h2-5,7-10,18H,6,11-13H2,1H3. The largest absolute Gasteiger partial charge is 0.493 e. The minimum atomic E-state index is 0.439. The Bertz CT molecular complexity index is 595. The van der Waals surface area contributed by atoms with Crippen molar-refractivity contribution < 1.29 is 9.47 Å². The van der Waals surface area contributed by atoms with Crippen LogP contribution >= 0.6 is 23.5 Å². The SMILES string of the molecule is COc1cccc(C2SCCCS2)c1OCc1ccccc1. The lowest BCUT2D eigenvalue weighted by atomic mass is 10.2. The highest BCUT2D eigenvalue weighted by molar-refractivity contribution is 8.16. The summed E-state index contributed by atoms with van der Waals surface area (Å²) in [6.07, 6.45) is 1.29. The summed E-state index contributed by atoms with van der Waals surface area (Å²) < 4.78 is 12.1. The molecule has 0 unspecified atom stereocenters. The van der Waals surface area contributed by atoms with Crippen LogP contribution in [0.15, 0.2) is 48.5 Å². The zero-order chi connectivity index (χ0) is 15.2. The summed E-state index contributed by atoms with van der Waals surface area (Å²) in [6, 6.07) is 16.5. The lowest BCUT2D eigenvalue weighted by Crippen LogP contribution is -2.05. The van der Waals surface area contributed by atoms with Crippen LogP contribution in [0.4, 0.5) is 0 Å². The number of benzene rings is 2. The van der Waals surface area contributed by atoms with Crippen molar-refractivity contribution in [3.8, 4) is 11.5 Å². The number of para-hydroxylation sites is 1. The van der Waals surface area contributed by atoms with Gasteiger partial charge in [-0.1, -0.05) is 42.5 Å². The molecule has 2 nitrogen and oxygen atoms in total. The Morgan fingerprint density at radius 2 is 1.77 bits per heavy atom. The van der Waals surface area contributed by atoms with Crippen molar-refractivity contribution in [2.75, 3.05) is 18.6 Å². The molecule has 0 amide bonds. The molecule has 22 heavy (non-hydrogen) atoms. The lowest BCUT2D eigenvalue weighted by Gasteiger charge is -2.24. The maximum Gasteiger partial charge on any atom is 0.166 e. The number of rotatable bonds is 5. The fourth-order valence-corrected chi connectivity index (χ4v) is 5.36. The minimum absolute atomic E-state index is 0.439. The number of hydrogen-bond donors (Lipinski definition) is 0. The molecule has 0 radical (unpaired) electrons. The summed E-state index contributed by atoms with van der Waals surface area (Å²) in [4.78, 5) is 0. The van der Waals surface area contributed by atoms with Gasteiger partial charge in [-0.2, -0.15) is 0 Å². The van der Waals surface area contributed by atoms with E-state index in [2.05, 4.69) is 24.3 Å². The van der Waals surface area contributed by atoms with Crippen LogP contribution in [0.2, 0.25) is 0 Å². The Kier molecular flexibility index (Phi) is 5.57. The van der Waals surface area contributed by atoms with Crippen LogP contribution in [0.3, 0.4) is 0 Å². The van der Waals surface area contributed by atoms with E-state index < -0.39 is 0 Å². The van der Waals surface area contributed by atoms with Crippen molar-refractivity contribution in [3.63, 3.8) is 0 Å². The van der Waals surface area contributed by atoms with Crippen molar-refractivity contribution in [2.24, 2.45) is 0 Å². The van der Waals surface area contributed by atoms with Gasteiger partial charge in [0.1, 0.15) is 6.61 Å². The molecule has 1 fully saturated rings. The molecule has 0 aliphatic carbocycles. The zero-order valence-electron chi connectivity index (χ0n) is 12.7. The van der Waals surface area contributed by atoms with Crippen LogP contribution in [-0.2, 0) is 6.61 Å². The molecule has 116 valence electrons. The van der Waals surface area contributed by atoms with Crippen LogP contribution in [0.5, 0.6) is 11.5 Å². The third-order valence-electron chi connectivity index (χ3n) is 3.54. The van der Waals surface area contributed by atoms with E-state index in [1.165, 1.54) is 29.1 Å². The average Bonchev–Trinajstić information content (AvgIpc) is 2.61. The third kappa shape index (κ3) is 3.73. The third-order valence-corrected chi connectivity index (χ3v) is 6.51. The van der Waals surface area contributed by atoms with Crippen LogP contribution in [-0.4, -0.2) is 18.6 Å². The normalized spacial score (nSPS) is 15.5. The first-order chi connectivity index (χ1) is 10.9. The summed E-state index contributed by atoms with van der Waals surface area (Å²) in [5.41, 5.74) is 2.41. The summed E-state index contributed by atoms with van der Waals surface area (Å²) in [7, 11) is 1.70. The van der Waals surface area contributed by atoms with Gasteiger partial charge in [-0.05, 0) is 29.6 Å². The van der Waals surface area contributed by atoms with Gasteiger partial charge in [-0.3, -0.25) is 0 Å². The van der Waals surface area contributed by atoms with E-state index in [0.29, 0.717) is 11.2 Å². The Balaban J connectivity index is 1.83. The Morgan fingerprint density at radius 3 is 2.50 bits per heavy atom. The second-order valence-electron chi connectivity index (χ2n) is 5.08. The van der Waals surface area contributed by atoms with E-state index in [1.54, 1.807) is 7.11 Å². The molecule has 1 aliphatic rings. The van der Waals surface area contributed by atoms with Gasteiger partial charge >= 0.3 is 0 Å². The second kappa shape index (κ2) is 7.84. The zero-order valence-corrected chi connectivity index (χ0v) is 14.3. The monoisotopic (exact) mass is 332 g/mol. The number of thioether (sulfide) groups is 2. The molecule has 1 saturated heterocycles. The van der Waals surface area contributed by atoms with Gasteiger partial charge in [0.2, 0.25) is 0 Å². The highest BCUT2D eigenvalue weighted by Crippen LogP contribution is 2.49. The van der Waals surface area contributed by atoms with Crippen molar-refractivity contribution in [1.82, 2.24) is 0 Å². The van der Waals surface area contributed by atoms with E-state index in [1.807, 2.05) is 47.8 Å². The Hall–Kier alpha value is -1.26. The quantitative estimate of drug-likeness (QED) is 0.754. The highest BCUT2D eigenvalue weighted by Gasteiger charge is 2.22. The van der Waals surface area contributed by atoms with Gasteiger partial charge in [0.25, 0.3) is 0 Å². The molecule has 1 aliphatic heterocycles. The van der Waals surface area contributed by atoms with Crippen molar-refractivity contribution >= 4 is 23.5 Å². The van der Waals surface area contributed by atoms with Gasteiger partial charge in [-0.25, -0.2) is 0 Å². The topological polar surface area (TPSA) is 18.5 Å². The first-order valence-corrected chi connectivity index (χ1v) is 9.55. The summed E-state index contributed by atoms with van der Waals surface area (Å²) in [5, 5.41) is 0. The molecule has 2 aromatic rings. The fraction of sp³-hybridized carbons (Fsp3) is 0.333. The summed E-state index contributed by atoms with van der Waals surface area (Å²) in [6.45, 7) is 0.566. The summed E-state index contributed by atoms with van der Waals surface area (Å²) >= 11 is 4.00. The average molecular weight is 332 g/mol. The Morgan fingerprint density at radius 1 is 1.00 bits per heavy atom. The van der Waals surface area contributed by atoms with Crippen LogP contribution in [0, 0.1) is 0 Å². The molecular weight excluding hydrogens is 312 g/mol. The molecule has 0 spiro atoms. The van der Waals surface area contributed by atoms with Gasteiger partial charge in [0, 0.05) is 5.56 Å². The lowest BCUT2D eigenvalue weighted by molar-refractivity contribution is 0.282. The maximum atomic E-state index is 6.15. The van der Waals surface area contributed by atoms with E-state index in [-0.39, 0.29) is 0 Å². The van der Waals surface area contributed by atoms with E-state index in [4.69, 9.17) is 9.47 Å². The van der Waals surface area contributed by atoms with E-state index in [0.717, 1.165) is 11.5 Å². The Labute approximate surface area is 140 Å². The van der Waals surface area contributed by atoms with Gasteiger partial charge in [0.05, 0.1) is 11.7 Å². The summed E-state index contributed by atoms with van der Waals surface area (Å²) in [5.74, 6) is 4.14. The van der Waals surface area contributed by atoms with E-state index >= 15 is 0 Å². The van der Waals surface area contributed by atoms with Crippen LogP contribution in [0.1, 0.15) is 22.1 Å². The maximum absolute atomic E-state index is 6.15. The molecule has 3 rings (SSSR count). The van der Waals surface area contributed by atoms with Crippen molar-refractivity contribution in [3.05, 3.63) is 59.7 Å². The van der Waals surface area contributed by atoms with Crippen LogP contribution in [0.25, 0.3) is 0 Å². The first-order valence-electron chi connectivity index (χ1n) is 7.45. The number of ether oxygens (including phenoxy) is 2. The van der Waals surface area contributed by atoms with Gasteiger partial charge < -0.3 is 9.47 Å². The molecule has 0 N–H and O–H groups in total. The highest BCUT2D eigenvalue weighted by atomic mass is 32.2.